The topological polar surface area (TPSA) is 29.5 Å². The highest BCUT2D eigenvalue weighted by atomic mass is 16.5. The summed E-state index contributed by atoms with van der Waals surface area (Å²) in [6, 6.07) is 5.41. The molecule has 1 atom stereocenters. The number of allylic oxidation sites excluding steroid dienone is 2. The fourth-order valence-electron chi connectivity index (χ4n) is 2.03. The van der Waals surface area contributed by atoms with Crippen molar-refractivity contribution in [3.8, 4) is 11.5 Å². The number of phenolic OH excluding ortho intramolecular Hbond substituents is 1. The molecule has 0 amide bonds. The summed E-state index contributed by atoms with van der Waals surface area (Å²) < 4.78 is 5.17. The predicted molar refractivity (Wildman–Crippen MR) is 60.4 cm³/mol. The maximum Gasteiger partial charge on any atom is 0.119 e. The standard InChI is InChI=1S/C13H16O2/c1-15-11-7-8-13(14)12(9-11)10-5-3-2-4-6-10/h3,5,7-10,14H,2,4,6H2,1H3/t10-/m0/s1. The number of hydrogen-bond donors (Lipinski definition) is 1. The van der Waals surface area contributed by atoms with Gasteiger partial charge < -0.3 is 9.84 Å². The molecule has 1 aliphatic carbocycles. The maximum absolute atomic E-state index is 9.79. The van der Waals surface area contributed by atoms with Crippen LogP contribution in [0.5, 0.6) is 11.5 Å². The Morgan fingerprint density at radius 2 is 2.27 bits per heavy atom. The molecule has 2 rings (SSSR count). The van der Waals surface area contributed by atoms with Crippen molar-refractivity contribution in [2.24, 2.45) is 0 Å². The van der Waals surface area contributed by atoms with E-state index in [9.17, 15) is 5.11 Å². The van der Waals surface area contributed by atoms with Crippen LogP contribution in [0.3, 0.4) is 0 Å². The Balaban J connectivity index is 2.32. The van der Waals surface area contributed by atoms with Gasteiger partial charge in [0.2, 0.25) is 0 Å². The first-order valence-electron chi connectivity index (χ1n) is 5.35. The number of hydrogen-bond acceptors (Lipinski definition) is 2. The predicted octanol–water partition coefficient (Wildman–Crippen LogP) is 3.22. The molecule has 1 aromatic rings. The van der Waals surface area contributed by atoms with E-state index < -0.39 is 0 Å². The molecule has 80 valence electrons. The third-order valence-corrected chi connectivity index (χ3v) is 2.89. The third-order valence-electron chi connectivity index (χ3n) is 2.89. The third kappa shape index (κ3) is 2.14. The van der Waals surface area contributed by atoms with Crippen LogP contribution >= 0.6 is 0 Å². The van der Waals surface area contributed by atoms with E-state index in [1.165, 1.54) is 6.42 Å². The second-order valence-corrected chi connectivity index (χ2v) is 3.89. The van der Waals surface area contributed by atoms with E-state index in [1.807, 2.05) is 6.07 Å². The molecule has 2 nitrogen and oxygen atoms in total. The lowest BCUT2D eigenvalue weighted by Gasteiger charge is -2.18. The van der Waals surface area contributed by atoms with E-state index in [2.05, 4.69) is 12.2 Å². The highest BCUT2D eigenvalue weighted by molar-refractivity contribution is 5.43. The quantitative estimate of drug-likeness (QED) is 0.749. The van der Waals surface area contributed by atoms with Crippen molar-refractivity contribution in [3.63, 3.8) is 0 Å². The van der Waals surface area contributed by atoms with Gasteiger partial charge in [-0.1, -0.05) is 12.2 Å². The zero-order valence-corrected chi connectivity index (χ0v) is 8.94. The Bertz CT molecular complexity index is 369. The summed E-state index contributed by atoms with van der Waals surface area (Å²) in [7, 11) is 1.65. The molecule has 15 heavy (non-hydrogen) atoms. The molecule has 0 radical (unpaired) electrons. The molecule has 1 aromatic carbocycles. The lowest BCUT2D eigenvalue weighted by atomic mass is 9.89. The summed E-state index contributed by atoms with van der Waals surface area (Å²) in [5, 5.41) is 9.79. The first kappa shape index (κ1) is 10.1. The van der Waals surface area contributed by atoms with Crippen LogP contribution in [-0.2, 0) is 0 Å². The molecule has 1 N–H and O–H groups in total. The smallest absolute Gasteiger partial charge is 0.119 e. The fourth-order valence-corrected chi connectivity index (χ4v) is 2.03. The Labute approximate surface area is 90.2 Å². The number of ether oxygens (including phenoxy) is 1. The molecule has 0 aliphatic heterocycles. The fraction of sp³-hybridized carbons (Fsp3) is 0.385. The van der Waals surface area contributed by atoms with Gasteiger partial charge in [-0.05, 0) is 37.5 Å². The van der Waals surface area contributed by atoms with Crippen molar-refractivity contribution in [2.45, 2.75) is 25.2 Å². The minimum atomic E-state index is 0.342. The lowest BCUT2D eigenvalue weighted by molar-refractivity contribution is 0.409. The van der Waals surface area contributed by atoms with Crippen LogP contribution in [0, 0.1) is 0 Å². The monoisotopic (exact) mass is 204 g/mol. The number of phenols is 1. The van der Waals surface area contributed by atoms with Crippen LogP contribution < -0.4 is 4.74 Å². The molecular formula is C13H16O2. The molecule has 0 heterocycles. The molecule has 1 aliphatic rings. The van der Waals surface area contributed by atoms with Crippen LogP contribution in [-0.4, -0.2) is 12.2 Å². The van der Waals surface area contributed by atoms with E-state index in [0.29, 0.717) is 11.7 Å². The second-order valence-electron chi connectivity index (χ2n) is 3.89. The van der Waals surface area contributed by atoms with Gasteiger partial charge in [0, 0.05) is 11.5 Å². The molecule has 2 heteroatoms. The minimum absolute atomic E-state index is 0.342. The Kier molecular flexibility index (Phi) is 2.95. The highest BCUT2D eigenvalue weighted by Gasteiger charge is 2.15. The molecule has 0 spiro atoms. The first-order valence-corrected chi connectivity index (χ1v) is 5.35. The number of aromatic hydroxyl groups is 1. The van der Waals surface area contributed by atoms with Gasteiger partial charge in [0.05, 0.1) is 7.11 Å². The van der Waals surface area contributed by atoms with Gasteiger partial charge in [0.1, 0.15) is 11.5 Å². The van der Waals surface area contributed by atoms with E-state index >= 15 is 0 Å². The van der Waals surface area contributed by atoms with Crippen LogP contribution in [0.25, 0.3) is 0 Å². The maximum atomic E-state index is 9.79. The Morgan fingerprint density at radius 1 is 1.40 bits per heavy atom. The zero-order chi connectivity index (χ0) is 10.7. The van der Waals surface area contributed by atoms with Crippen molar-refractivity contribution in [2.75, 3.05) is 7.11 Å². The second kappa shape index (κ2) is 4.39. The van der Waals surface area contributed by atoms with Gasteiger partial charge in [-0.2, -0.15) is 0 Å². The largest absolute Gasteiger partial charge is 0.508 e. The first-order chi connectivity index (χ1) is 7.31. The van der Waals surface area contributed by atoms with Crippen molar-refractivity contribution >= 4 is 0 Å². The van der Waals surface area contributed by atoms with E-state index in [4.69, 9.17) is 4.74 Å². The summed E-state index contributed by atoms with van der Waals surface area (Å²) >= 11 is 0. The summed E-state index contributed by atoms with van der Waals surface area (Å²) in [6.45, 7) is 0. The molecular weight excluding hydrogens is 188 g/mol. The van der Waals surface area contributed by atoms with E-state index in [-0.39, 0.29) is 0 Å². The van der Waals surface area contributed by atoms with Crippen LogP contribution in [0.15, 0.2) is 30.4 Å². The zero-order valence-electron chi connectivity index (χ0n) is 8.94. The highest BCUT2D eigenvalue weighted by Crippen LogP contribution is 2.35. The van der Waals surface area contributed by atoms with Gasteiger partial charge >= 0.3 is 0 Å². The van der Waals surface area contributed by atoms with Crippen molar-refractivity contribution in [1.82, 2.24) is 0 Å². The van der Waals surface area contributed by atoms with Gasteiger partial charge in [-0.3, -0.25) is 0 Å². The number of methoxy groups -OCH3 is 1. The summed E-state index contributed by atoms with van der Waals surface area (Å²) in [5.74, 6) is 1.52. The summed E-state index contributed by atoms with van der Waals surface area (Å²) in [5.41, 5.74) is 0.977. The minimum Gasteiger partial charge on any atom is -0.508 e. The van der Waals surface area contributed by atoms with Crippen molar-refractivity contribution in [3.05, 3.63) is 35.9 Å². The van der Waals surface area contributed by atoms with Gasteiger partial charge in [0.15, 0.2) is 0 Å². The summed E-state index contributed by atoms with van der Waals surface area (Å²) in [6.07, 6.45) is 7.82. The lowest BCUT2D eigenvalue weighted by Crippen LogP contribution is -2.00. The van der Waals surface area contributed by atoms with Crippen LogP contribution in [0.2, 0.25) is 0 Å². The van der Waals surface area contributed by atoms with E-state index in [1.54, 1.807) is 19.2 Å². The van der Waals surface area contributed by atoms with E-state index in [0.717, 1.165) is 24.2 Å². The SMILES string of the molecule is COc1ccc(O)c([C@H]2C=CCCC2)c1. The molecule has 0 unspecified atom stereocenters. The summed E-state index contributed by atoms with van der Waals surface area (Å²) in [4.78, 5) is 0. The van der Waals surface area contributed by atoms with Crippen LogP contribution in [0.4, 0.5) is 0 Å². The Morgan fingerprint density at radius 3 is 2.93 bits per heavy atom. The number of benzene rings is 1. The average molecular weight is 204 g/mol. The van der Waals surface area contributed by atoms with Gasteiger partial charge in [-0.15, -0.1) is 0 Å². The van der Waals surface area contributed by atoms with Gasteiger partial charge in [0.25, 0.3) is 0 Å². The van der Waals surface area contributed by atoms with Crippen LogP contribution in [0.1, 0.15) is 30.7 Å². The average Bonchev–Trinajstić information content (AvgIpc) is 2.31. The Hall–Kier alpha value is -1.44. The normalized spacial score (nSPS) is 20.2. The van der Waals surface area contributed by atoms with Crippen molar-refractivity contribution < 1.29 is 9.84 Å². The van der Waals surface area contributed by atoms with Gasteiger partial charge in [-0.25, -0.2) is 0 Å². The number of rotatable bonds is 2. The molecule has 0 fully saturated rings. The molecule has 0 saturated carbocycles. The van der Waals surface area contributed by atoms with Crippen molar-refractivity contribution in [1.29, 1.82) is 0 Å². The molecule has 0 aromatic heterocycles. The molecule has 0 bridgehead atoms. The molecule has 0 saturated heterocycles.